The molecule has 0 spiro atoms. The van der Waals surface area contributed by atoms with Crippen LogP contribution >= 0.6 is 23.2 Å². The number of nitrogens with zero attached hydrogens (tertiary/aromatic N) is 2. The fraction of sp³-hybridized carbons (Fsp3) is 0.361. The van der Waals surface area contributed by atoms with Crippen LogP contribution in [0, 0.1) is 0 Å². The molecule has 0 radical (unpaired) electrons. The van der Waals surface area contributed by atoms with E-state index in [1.807, 2.05) is 42.6 Å². The van der Waals surface area contributed by atoms with Gasteiger partial charge in [0.25, 0.3) is 0 Å². The number of H-pyrrole nitrogens is 1. The molecule has 1 aliphatic heterocycles. The number of nitrogens with one attached hydrogen (secondary N) is 1. The summed E-state index contributed by atoms with van der Waals surface area (Å²) in [4.78, 5) is 34.9. The summed E-state index contributed by atoms with van der Waals surface area (Å²) in [7, 11) is 1.32. The van der Waals surface area contributed by atoms with Gasteiger partial charge in [-0.2, -0.15) is 0 Å². The van der Waals surface area contributed by atoms with Gasteiger partial charge < -0.3 is 19.2 Å². The zero-order valence-electron chi connectivity index (χ0n) is 26.7. The van der Waals surface area contributed by atoms with Crippen molar-refractivity contribution >= 4 is 35.3 Å². The van der Waals surface area contributed by atoms with Crippen molar-refractivity contribution in [2.75, 3.05) is 13.7 Å². The van der Waals surface area contributed by atoms with Crippen molar-refractivity contribution in [1.82, 2.24) is 14.9 Å². The Morgan fingerprint density at radius 1 is 1.02 bits per heavy atom. The summed E-state index contributed by atoms with van der Waals surface area (Å²) < 4.78 is 16.7. The Bertz CT molecular complexity index is 1660. The van der Waals surface area contributed by atoms with Crippen LogP contribution in [0.3, 0.4) is 0 Å². The standard InChI is InChI=1S/C36H39Cl2N3O5/c1-6-28(33-39-21-31(40-33)29-16-13-25(37)19-30(29)38)24-9-7-22(8-10-24)23-11-14-26(15-12-23)45-27-17-18-41(32(20-27)34(42)44-5)35(43)46-36(2,3)4/h7-16,19,21,27-28,32H,6,17-18,20H2,1-5H3,(H,39,40)/t27-,28?,32-/m0/s1. The van der Waals surface area contributed by atoms with Gasteiger partial charge in [0.2, 0.25) is 0 Å². The van der Waals surface area contributed by atoms with E-state index in [-0.39, 0.29) is 12.0 Å². The number of aromatic amines is 1. The fourth-order valence-electron chi connectivity index (χ4n) is 5.71. The highest BCUT2D eigenvalue weighted by molar-refractivity contribution is 6.36. The number of methoxy groups -OCH3 is 1. The Balaban J connectivity index is 1.23. The lowest BCUT2D eigenvalue weighted by molar-refractivity contribution is -0.149. The van der Waals surface area contributed by atoms with Crippen molar-refractivity contribution in [3.8, 4) is 28.1 Å². The van der Waals surface area contributed by atoms with Crippen molar-refractivity contribution in [3.05, 3.63) is 94.4 Å². The highest BCUT2D eigenvalue weighted by Crippen LogP contribution is 2.34. The molecule has 1 N–H and O–H groups in total. The van der Waals surface area contributed by atoms with E-state index < -0.39 is 23.7 Å². The van der Waals surface area contributed by atoms with Crippen LogP contribution in [0.1, 0.15) is 64.3 Å². The number of benzene rings is 3. The molecule has 10 heteroatoms. The van der Waals surface area contributed by atoms with Gasteiger partial charge in [0, 0.05) is 35.9 Å². The maximum atomic E-state index is 12.7. The molecule has 1 aromatic heterocycles. The first-order valence-corrected chi connectivity index (χ1v) is 16.2. The molecule has 0 aliphatic carbocycles. The Morgan fingerprint density at radius 2 is 1.70 bits per heavy atom. The number of likely N-dealkylation sites (tertiary alicyclic amines) is 1. The van der Waals surface area contributed by atoms with E-state index in [4.69, 9.17) is 37.4 Å². The highest BCUT2D eigenvalue weighted by Gasteiger charge is 2.39. The lowest BCUT2D eigenvalue weighted by Gasteiger charge is -2.38. The van der Waals surface area contributed by atoms with Crippen molar-refractivity contribution in [3.63, 3.8) is 0 Å². The Kier molecular flexibility index (Phi) is 10.3. The van der Waals surface area contributed by atoms with E-state index in [0.717, 1.165) is 40.2 Å². The lowest BCUT2D eigenvalue weighted by Crippen LogP contribution is -2.53. The average molecular weight is 665 g/mol. The summed E-state index contributed by atoms with van der Waals surface area (Å²) in [6.45, 7) is 7.86. The monoisotopic (exact) mass is 663 g/mol. The molecule has 1 unspecified atom stereocenters. The zero-order chi connectivity index (χ0) is 33.0. The number of carbonyl (C=O) groups excluding carboxylic acids is 2. The molecule has 1 saturated heterocycles. The summed E-state index contributed by atoms with van der Waals surface area (Å²) in [5.41, 5.74) is 4.33. The lowest BCUT2D eigenvalue weighted by atomic mass is 9.93. The number of imidazole rings is 1. The normalized spacial score (nSPS) is 17.3. The summed E-state index contributed by atoms with van der Waals surface area (Å²) >= 11 is 12.5. The molecule has 2 heterocycles. The van der Waals surface area contributed by atoms with Crippen LogP contribution in [0.5, 0.6) is 5.75 Å². The Labute approximate surface area is 280 Å². The number of rotatable bonds is 8. The van der Waals surface area contributed by atoms with Crippen LogP contribution < -0.4 is 4.74 Å². The van der Waals surface area contributed by atoms with E-state index in [9.17, 15) is 9.59 Å². The predicted octanol–water partition coefficient (Wildman–Crippen LogP) is 8.91. The van der Waals surface area contributed by atoms with E-state index in [2.05, 4.69) is 41.2 Å². The van der Waals surface area contributed by atoms with E-state index in [0.29, 0.717) is 35.2 Å². The predicted molar refractivity (Wildman–Crippen MR) is 180 cm³/mol. The maximum Gasteiger partial charge on any atom is 0.411 e. The second kappa shape index (κ2) is 14.2. The first-order valence-electron chi connectivity index (χ1n) is 15.4. The first-order chi connectivity index (χ1) is 22.0. The number of carbonyl (C=O) groups is 2. The number of halogens is 2. The molecule has 4 aromatic rings. The van der Waals surface area contributed by atoms with Gasteiger partial charge in [-0.05, 0) is 74.2 Å². The van der Waals surface area contributed by atoms with Gasteiger partial charge in [0.1, 0.15) is 29.3 Å². The summed E-state index contributed by atoms with van der Waals surface area (Å²) in [6.07, 6.45) is 2.79. The van der Waals surface area contributed by atoms with Gasteiger partial charge in [-0.3, -0.25) is 4.90 Å². The Morgan fingerprint density at radius 3 is 2.30 bits per heavy atom. The molecular formula is C36H39Cl2N3O5. The van der Waals surface area contributed by atoms with Crippen molar-refractivity contribution < 1.29 is 23.8 Å². The number of piperidine rings is 1. The zero-order valence-corrected chi connectivity index (χ0v) is 28.2. The van der Waals surface area contributed by atoms with Crippen LogP contribution in [-0.4, -0.2) is 58.3 Å². The molecule has 3 atom stereocenters. The molecule has 1 amide bonds. The Hall–Kier alpha value is -4.01. The number of hydrogen-bond acceptors (Lipinski definition) is 6. The molecule has 0 bridgehead atoms. The van der Waals surface area contributed by atoms with Crippen molar-refractivity contribution in [2.24, 2.45) is 0 Å². The SMILES string of the molecule is CCC(c1ccc(-c2ccc(O[C@H]3CCN(C(=O)OC(C)(C)C)[C@H](C(=O)OC)C3)cc2)cc1)c1ncc(-c2ccc(Cl)cc2Cl)[nH]1. The van der Waals surface area contributed by atoms with Gasteiger partial charge in [-0.25, -0.2) is 14.6 Å². The van der Waals surface area contributed by atoms with Crippen molar-refractivity contribution in [1.29, 1.82) is 0 Å². The molecule has 3 aromatic carbocycles. The van der Waals surface area contributed by atoms with Gasteiger partial charge in [-0.15, -0.1) is 0 Å². The van der Waals surface area contributed by atoms with E-state index in [1.165, 1.54) is 12.0 Å². The average Bonchev–Trinajstić information content (AvgIpc) is 3.50. The summed E-state index contributed by atoms with van der Waals surface area (Å²) in [5.74, 6) is 1.19. The molecular weight excluding hydrogens is 625 g/mol. The van der Waals surface area contributed by atoms with Crippen LogP contribution in [0.4, 0.5) is 4.79 Å². The first kappa shape index (κ1) is 33.4. The largest absolute Gasteiger partial charge is 0.490 e. The quantitative estimate of drug-likeness (QED) is 0.189. The molecule has 0 saturated carbocycles. The highest BCUT2D eigenvalue weighted by atomic mass is 35.5. The van der Waals surface area contributed by atoms with Crippen LogP contribution in [0.15, 0.2) is 72.9 Å². The van der Waals surface area contributed by atoms with E-state index in [1.54, 1.807) is 26.8 Å². The number of hydrogen-bond donors (Lipinski definition) is 1. The second-order valence-corrected chi connectivity index (χ2v) is 13.2. The summed E-state index contributed by atoms with van der Waals surface area (Å²) in [5, 5.41) is 1.17. The van der Waals surface area contributed by atoms with Crippen LogP contribution in [0.25, 0.3) is 22.4 Å². The van der Waals surface area contributed by atoms with Gasteiger partial charge in [0.15, 0.2) is 0 Å². The minimum Gasteiger partial charge on any atom is -0.490 e. The maximum absolute atomic E-state index is 12.7. The molecule has 8 nitrogen and oxygen atoms in total. The minimum absolute atomic E-state index is 0.0974. The van der Waals surface area contributed by atoms with Crippen molar-refractivity contribution in [2.45, 2.75) is 70.6 Å². The molecule has 46 heavy (non-hydrogen) atoms. The molecule has 1 aliphatic rings. The third kappa shape index (κ3) is 7.85. The molecule has 242 valence electrons. The number of amides is 1. The minimum atomic E-state index is -0.772. The summed E-state index contributed by atoms with van der Waals surface area (Å²) in [6, 6.07) is 21.1. The number of ether oxygens (including phenoxy) is 3. The second-order valence-electron chi connectivity index (χ2n) is 12.4. The molecule has 1 fully saturated rings. The van der Waals surface area contributed by atoms with E-state index >= 15 is 0 Å². The third-order valence-corrected chi connectivity index (χ3v) is 8.56. The fourth-order valence-corrected chi connectivity index (χ4v) is 6.22. The third-order valence-electron chi connectivity index (χ3n) is 8.01. The smallest absolute Gasteiger partial charge is 0.411 e. The van der Waals surface area contributed by atoms with Crippen LogP contribution in [0.2, 0.25) is 10.0 Å². The molecule has 5 rings (SSSR count). The van der Waals surface area contributed by atoms with Crippen LogP contribution in [-0.2, 0) is 14.3 Å². The van der Waals surface area contributed by atoms with Gasteiger partial charge in [0.05, 0.1) is 24.0 Å². The topological polar surface area (TPSA) is 93.8 Å². The van der Waals surface area contributed by atoms with Gasteiger partial charge >= 0.3 is 12.1 Å². The number of esters is 1. The number of aromatic nitrogens is 2. The van der Waals surface area contributed by atoms with Gasteiger partial charge in [-0.1, -0.05) is 66.5 Å².